The van der Waals surface area contributed by atoms with E-state index in [0.717, 1.165) is 37.1 Å². The fraction of sp³-hybridized carbons (Fsp3) is 0.350. The van der Waals surface area contributed by atoms with Gasteiger partial charge in [0, 0.05) is 12.1 Å². The molecule has 27 heavy (non-hydrogen) atoms. The van der Waals surface area contributed by atoms with Crippen LogP contribution in [0, 0.1) is 0 Å². The zero-order valence-electron chi connectivity index (χ0n) is 15.2. The van der Waals surface area contributed by atoms with Crippen LogP contribution in [0.25, 0.3) is 10.2 Å². The van der Waals surface area contributed by atoms with Crippen molar-refractivity contribution in [2.75, 3.05) is 13.1 Å². The Morgan fingerprint density at radius 3 is 2.44 bits per heavy atom. The van der Waals surface area contributed by atoms with Gasteiger partial charge in [0.15, 0.2) is 0 Å². The van der Waals surface area contributed by atoms with Gasteiger partial charge in [-0.25, -0.2) is 0 Å². The summed E-state index contributed by atoms with van der Waals surface area (Å²) in [5.41, 5.74) is 3.67. The molecular weight excluding hydrogens is 384 g/mol. The number of aryl methyl sites for hydroxylation is 1. The third-order valence-electron chi connectivity index (χ3n) is 4.44. The summed E-state index contributed by atoms with van der Waals surface area (Å²) in [4.78, 5) is 13.9. The van der Waals surface area contributed by atoms with Gasteiger partial charge in [0.05, 0.1) is 10.8 Å². The van der Waals surface area contributed by atoms with Crippen molar-refractivity contribution in [2.24, 2.45) is 0 Å². The molecule has 0 spiro atoms. The minimum Gasteiger partial charge on any atom is -0.506 e. The summed E-state index contributed by atoms with van der Waals surface area (Å²) in [7, 11) is 0. The van der Waals surface area contributed by atoms with E-state index in [-0.39, 0.29) is 23.0 Å². The van der Waals surface area contributed by atoms with E-state index < -0.39 is 6.10 Å². The molecule has 3 rings (SSSR count). The van der Waals surface area contributed by atoms with Crippen molar-refractivity contribution in [3.8, 4) is 5.75 Å². The average molecular weight is 409 g/mol. The van der Waals surface area contributed by atoms with Crippen molar-refractivity contribution in [1.29, 1.82) is 0 Å². The van der Waals surface area contributed by atoms with Crippen LogP contribution in [0.4, 0.5) is 0 Å². The molecule has 2 aromatic carbocycles. The Bertz CT molecular complexity index is 921. The predicted octanol–water partition coefficient (Wildman–Crippen LogP) is 3.54. The fourth-order valence-electron chi connectivity index (χ4n) is 3.04. The number of H-pyrrole nitrogens is 1. The number of aliphatic hydroxyl groups is 1. The van der Waals surface area contributed by atoms with Crippen LogP contribution in [0.1, 0.15) is 36.1 Å². The van der Waals surface area contributed by atoms with Crippen LogP contribution in [0.2, 0.25) is 0 Å². The van der Waals surface area contributed by atoms with E-state index in [9.17, 15) is 15.0 Å². The maximum atomic E-state index is 11.6. The molecule has 0 saturated heterocycles. The molecule has 0 saturated carbocycles. The molecule has 1 atom stereocenters. The number of rotatable bonds is 8. The standard InChI is InChI=1S/C20H24N2O3S.ClH/c1-2-3-13-4-6-14(7-5-13)10-11-21-12-17(24)15-8-9-16(23)18-19(15)26-20(25)22-18;/h4-9,17,21,23-24H,2-3,10-12H2,1H3,(H,22,25);1H/t17-;/m0./s1. The first-order valence-electron chi connectivity index (χ1n) is 8.89. The zero-order valence-corrected chi connectivity index (χ0v) is 16.8. The van der Waals surface area contributed by atoms with E-state index in [1.807, 2.05) is 0 Å². The molecule has 5 nitrogen and oxygen atoms in total. The number of aromatic nitrogens is 1. The number of hydrogen-bond donors (Lipinski definition) is 4. The molecule has 1 heterocycles. The molecule has 3 aromatic rings. The van der Waals surface area contributed by atoms with Crippen LogP contribution in [0.15, 0.2) is 41.2 Å². The molecule has 146 valence electrons. The summed E-state index contributed by atoms with van der Waals surface area (Å²) < 4.78 is 0.607. The van der Waals surface area contributed by atoms with Crippen molar-refractivity contribution in [3.05, 3.63) is 62.8 Å². The first kappa shape index (κ1) is 21.4. The highest BCUT2D eigenvalue weighted by Gasteiger charge is 2.15. The number of phenols is 1. The highest BCUT2D eigenvalue weighted by Crippen LogP contribution is 2.31. The largest absolute Gasteiger partial charge is 0.506 e. The van der Waals surface area contributed by atoms with E-state index in [1.165, 1.54) is 17.2 Å². The lowest BCUT2D eigenvalue weighted by molar-refractivity contribution is 0.176. The Labute approximate surface area is 168 Å². The van der Waals surface area contributed by atoms with Crippen molar-refractivity contribution < 1.29 is 10.2 Å². The smallest absolute Gasteiger partial charge is 0.305 e. The monoisotopic (exact) mass is 408 g/mol. The third kappa shape index (κ3) is 5.32. The number of benzene rings is 2. The van der Waals surface area contributed by atoms with Crippen molar-refractivity contribution in [2.45, 2.75) is 32.3 Å². The van der Waals surface area contributed by atoms with Crippen LogP contribution in [-0.2, 0) is 12.8 Å². The Hall–Kier alpha value is -1.86. The first-order valence-corrected chi connectivity index (χ1v) is 9.71. The van der Waals surface area contributed by atoms with Crippen LogP contribution in [0.5, 0.6) is 5.75 Å². The lowest BCUT2D eigenvalue weighted by atomic mass is 10.1. The second kappa shape index (κ2) is 9.90. The quantitative estimate of drug-likeness (QED) is 0.429. The zero-order chi connectivity index (χ0) is 18.5. The summed E-state index contributed by atoms with van der Waals surface area (Å²) in [5, 5.41) is 23.5. The minimum absolute atomic E-state index is 0. The normalized spacial score (nSPS) is 12.1. The van der Waals surface area contributed by atoms with Gasteiger partial charge in [-0.05, 0) is 36.6 Å². The number of halogens is 1. The number of aliphatic hydroxyl groups excluding tert-OH is 1. The molecule has 0 amide bonds. The lowest BCUT2D eigenvalue weighted by Crippen LogP contribution is -2.23. The second-order valence-corrected chi connectivity index (χ2v) is 7.41. The van der Waals surface area contributed by atoms with Crippen LogP contribution in [-0.4, -0.2) is 28.3 Å². The fourth-order valence-corrected chi connectivity index (χ4v) is 3.96. The summed E-state index contributed by atoms with van der Waals surface area (Å²) >= 11 is 1.00. The first-order chi connectivity index (χ1) is 12.6. The molecule has 0 bridgehead atoms. The average Bonchev–Trinajstić information content (AvgIpc) is 3.03. The highest BCUT2D eigenvalue weighted by atomic mass is 35.5. The van der Waals surface area contributed by atoms with Gasteiger partial charge in [-0.15, -0.1) is 12.4 Å². The summed E-state index contributed by atoms with van der Waals surface area (Å²) in [5.74, 6) is 0.0220. The Balaban J connectivity index is 0.00000261. The van der Waals surface area contributed by atoms with Gasteiger partial charge in [-0.2, -0.15) is 0 Å². The number of aromatic amines is 1. The Morgan fingerprint density at radius 2 is 1.78 bits per heavy atom. The topological polar surface area (TPSA) is 85.3 Å². The van der Waals surface area contributed by atoms with E-state index >= 15 is 0 Å². The Morgan fingerprint density at radius 1 is 1.11 bits per heavy atom. The van der Waals surface area contributed by atoms with Gasteiger partial charge in [-0.3, -0.25) is 4.79 Å². The molecule has 0 aliphatic heterocycles. The molecule has 1 aromatic heterocycles. The molecular formula is C20H25ClN2O3S. The van der Waals surface area contributed by atoms with Gasteiger partial charge in [-0.1, -0.05) is 55.0 Å². The van der Waals surface area contributed by atoms with Gasteiger partial charge >= 0.3 is 4.87 Å². The van der Waals surface area contributed by atoms with Crippen LogP contribution in [0.3, 0.4) is 0 Å². The number of hydrogen-bond acceptors (Lipinski definition) is 5. The van der Waals surface area contributed by atoms with E-state index in [4.69, 9.17) is 0 Å². The van der Waals surface area contributed by atoms with Gasteiger partial charge < -0.3 is 20.5 Å². The van der Waals surface area contributed by atoms with Gasteiger partial charge in [0.1, 0.15) is 11.3 Å². The molecule has 4 N–H and O–H groups in total. The maximum absolute atomic E-state index is 11.6. The molecule has 0 radical (unpaired) electrons. The predicted molar refractivity (Wildman–Crippen MR) is 113 cm³/mol. The van der Waals surface area contributed by atoms with Gasteiger partial charge in [0.2, 0.25) is 0 Å². The van der Waals surface area contributed by atoms with Crippen LogP contribution >= 0.6 is 23.7 Å². The number of thiazole rings is 1. The minimum atomic E-state index is -0.739. The summed E-state index contributed by atoms with van der Waals surface area (Å²) in [6, 6.07) is 11.8. The molecule has 0 aliphatic rings. The second-order valence-electron chi connectivity index (χ2n) is 6.43. The molecule has 7 heteroatoms. The summed E-state index contributed by atoms with van der Waals surface area (Å²) in [6.45, 7) is 3.33. The molecule has 0 unspecified atom stereocenters. The maximum Gasteiger partial charge on any atom is 0.305 e. The van der Waals surface area contributed by atoms with E-state index in [1.54, 1.807) is 6.07 Å². The number of phenolic OH excluding ortho intramolecular Hbond substituents is 1. The van der Waals surface area contributed by atoms with Crippen molar-refractivity contribution in [3.63, 3.8) is 0 Å². The molecule has 0 aliphatic carbocycles. The third-order valence-corrected chi connectivity index (χ3v) is 5.37. The number of fused-ring (bicyclic) bond motifs is 1. The molecule has 0 fully saturated rings. The van der Waals surface area contributed by atoms with E-state index in [0.29, 0.717) is 22.3 Å². The summed E-state index contributed by atoms with van der Waals surface area (Å²) in [6.07, 6.45) is 2.41. The van der Waals surface area contributed by atoms with E-state index in [2.05, 4.69) is 41.5 Å². The lowest BCUT2D eigenvalue weighted by Gasteiger charge is -2.13. The van der Waals surface area contributed by atoms with Gasteiger partial charge in [0.25, 0.3) is 0 Å². The Kier molecular flexibility index (Phi) is 7.86. The number of aromatic hydroxyl groups is 1. The SMILES string of the molecule is CCCc1ccc(CCNC[C@H](O)c2ccc(O)c3[nH]c(=O)sc23)cc1.Cl. The van der Waals surface area contributed by atoms with Crippen molar-refractivity contribution >= 4 is 34.0 Å². The van der Waals surface area contributed by atoms with Crippen molar-refractivity contribution in [1.82, 2.24) is 10.3 Å². The van der Waals surface area contributed by atoms with Crippen LogP contribution < -0.4 is 10.2 Å². The number of nitrogens with one attached hydrogen (secondary N) is 2. The highest BCUT2D eigenvalue weighted by molar-refractivity contribution is 7.16.